The highest BCUT2D eigenvalue weighted by atomic mass is 32.2. The molecule has 0 heterocycles. The molecule has 0 saturated heterocycles. The summed E-state index contributed by atoms with van der Waals surface area (Å²) >= 11 is 1.53. The van der Waals surface area contributed by atoms with E-state index >= 15 is 0 Å². The molecule has 0 spiro atoms. The maximum atomic E-state index is 13.2. The first-order chi connectivity index (χ1) is 19.4. The Labute approximate surface area is 245 Å². The zero-order chi connectivity index (χ0) is 29.8. The number of hydrogen-bond acceptors (Lipinski definition) is 6. The number of nitrogens with zero attached hydrogens (tertiary/aromatic N) is 1. The lowest BCUT2D eigenvalue weighted by molar-refractivity contribution is 0.102. The van der Waals surface area contributed by atoms with E-state index in [9.17, 15) is 21.6 Å². The second-order valence-corrected chi connectivity index (χ2v) is 13.7. The Kier molecular flexibility index (Phi) is 9.11. The number of carbonyl (C=O) groups is 1. The number of thioether (sulfide) groups is 1. The lowest BCUT2D eigenvalue weighted by Gasteiger charge is -2.23. The maximum absolute atomic E-state index is 13.2. The van der Waals surface area contributed by atoms with Crippen LogP contribution in [0.15, 0.2) is 106 Å². The molecule has 4 aromatic carbocycles. The van der Waals surface area contributed by atoms with Crippen LogP contribution >= 0.6 is 11.8 Å². The summed E-state index contributed by atoms with van der Waals surface area (Å²) in [6, 6.07) is 24.4. The van der Waals surface area contributed by atoms with Gasteiger partial charge in [-0.2, -0.15) is 0 Å². The Morgan fingerprint density at radius 3 is 2.00 bits per heavy atom. The molecule has 4 aromatic rings. The van der Waals surface area contributed by atoms with Gasteiger partial charge in [0.05, 0.1) is 21.2 Å². The second kappa shape index (κ2) is 12.4. The first-order valence-electron chi connectivity index (χ1n) is 12.7. The zero-order valence-corrected chi connectivity index (χ0v) is 25.5. The quantitative estimate of drug-likeness (QED) is 0.204. The topological polar surface area (TPSA) is 113 Å². The molecule has 0 unspecified atom stereocenters. The van der Waals surface area contributed by atoms with E-state index < -0.39 is 26.0 Å². The van der Waals surface area contributed by atoms with E-state index in [1.54, 1.807) is 61.5 Å². The molecule has 8 nitrogen and oxygen atoms in total. The number of amides is 1. The molecule has 0 bridgehead atoms. The van der Waals surface area contributed by atoms with Crippen molar-refractivity contribution in [3.8, 4) is 0 Å². The second-order valence-electron chi connectivity index (χ2n) is 9.29. The molecule has 0 aliphatic carbocycles. The Hall–Kier alpha value is -3.80. The molecule has 0 aromatic heterocycles. The zero-order valence-electron chi connectivity index (χ0n) is 23.1. The van der Waals surface area contributed by atoms with Crippen molar-refractivity contribution in [3.63, 3.8) is 0 Å². The van der Waals surface area contributed by atoms with Gasteiger partial charge in [0.15, 0.2) is 0 Å². The fourth-order valence-electron chi connectivity index (χ4n) is 4.12. The Morgan fingerprint density at radius 1 is 0.805 bits per heavy atom. The summed E-state index contributed by atoms with van der Waals surface area (Å²) in [5.41, 5.74) is 3.41. The third-order valence-electron chi connectivity index (χ3n) is 6.41. The number of aryl methyl sites for hydroxylation is 2. The van der Waals surface area contributed by atoms with Gasteiger partial charge in [-0.3, -0.25) is 13.8 Å². The molecule has 0 fully saturated rings. The van der Waals surface area contributed by atoms with Crippen molar-refractivity contribution in [2.24, 2.45) is 0 Å². The van der Waals surface area contributed by atoms with Gasteiger partial charge in [0.25, 0.3) is 26.0 Å². The number of carbonyl (C=O) groups excluding carboxylic acids is 1. The van der Waals surface area contributed by atoms with Crippen molar-refractivity contribution in [2.45, 2.75) is 35.5 Å². The number of benzene rings is 4. The smallest absolute Gasteiger partial charge is 0.264 e. The highest BCUT2D eigenvalue weighted by Crippen LogP contribution is 2.26. The average Bonchev–Trinajstić information content (AvgIpc) is 2.96. The molecule has 11 heteroatoms. The summed E-state index contributed by atoms with van der Waals surface area (Å²) < 4.78 is 56.1. The number of anilines is 3. The van der Waals surface area contributed by atoms with Crippen molar-refractivity contribution in [1.82, 2.24) is 0 Å². The third-order valence-corrected chi connectivity index (χ3v) is 10.5. The number of nitrogens with one attached hydrogen (secondary N) is 2. The van der Waals surface area contributed by atoms with Crippen LogP contribution in [0.3, 0.4) is 0 Å². The molecule has 214 valence electrons. The third kappa shape index (κ3) is 6.92. The molecule has 2 N–H and O–H groups in total. The first-order valence-corrected chi connectivity index (χ1v) is 16.9. The number of rotatable bonds is 10. The van der Waals surface area contributed by atoms with E-state index in [1.807, 2.05) is 32.2 Å². The molecule has 1 amide bonds. The van der Waals surface area contributed by atoms with Crippen LogP contribution < -0.4 is 14.3 Å². The highest BCUT2D eigenvalue weighted by Gasteiger charge is 2.24. The Bertz CT molecular complexity index is 1750. The van der Waals surface area contributed by atoms with Crippen LogP contribution in [0.1, 0.15) is 28.4 Å². The van der Waals surface area contributed by atoms with E-state index in [0.717, 1.165) is 16.0 Å². The monoisotopic (exact) mass is 609 g/mol. The predicted molar refractivity (Wildman–Crippen MR) is 166 cm³/mol. The molecule has 0 saturated carbocycles. The predicted octanol–water partition coefficient (Wildman–Crippen LogP) is 6.29. The summed E-state index contributed by atoms with van der Waals surface area (Å²) in [5.74, 6) is -0.417. The van der Waals surface area contributed by atoms with Crippen LogP contribution in [-0.4, -0.2) is 35.5 Å². The van der Waals surface area contributed by atoms with Gasteiger partial charge < -0.3 is 5.32 Å². The minimum Gasteiger partial charge on any atom is -0.322 e. The average molecular weight is 610 g/mol. The molecule has 41 heavy (non-hydrogen) atoms. The molecule has 0 radical (unpaired) electrons. The molecule has 4 rings (SSSR count). The van der Waals surface area contributed by atoms with Crippen LogP contribution in [0.4, 0.5) is 17.1 Å². The fraction of sp³-hybridized carbons (Fsp3) is 0.167. The molecule has 0 atom stereocenters. The molecular weight excluding hydrogens is 579 g/mol. The van der Waals surface area contributed by atoms with Gasteiger partial charge in [0, 0.05) is 22.7 Å². The lowest BCUT2D eigenvalue weighted by atomic mass is 10.1. The van der Waals surface area contributed by atoms with Gasteiger partial charge in [0.1, 0.15) is 0 Å². The van der Waals surface area contributed by atoms with Crippen LogP contribution in [-0.2, 0) is 20.0 Å². The van der Waals surface area contributed by atoms with Crippen molar-refractivity contribution in [2.75, 3.05) is 27.1 Å². The van der Waals surface area contributed by atoms with Gasteiger partial charge in [0.2, 0.25) is 0 Å². The van der Waals surface area contributed by atoms with E-state index in [1.165, 1.54) is 40.3 Å². The van der Waals surface area contributed by atoms with Gasteiger partial charge in [-0.1, -0.05) is 12.1 Å². The van der Waals surface area contributed by atoms with Crippen LogP contribution in [0.2, 0.25) is 0 Å². The summed E-state index contributed by atoms with van der Waals surface area (Å²) in [6.07, 6.45) is 1.92. The standard InChI is InChI=1S/C30H31N3O5S3/c1-5-33(41(37,38)28-18-14-26(39-4)15-19-28)25-12-8-23(9-13-25)30(34)31-24-10-16-27(17-11-24)40(35,36)32-29-20-21(2)6-7-22(29)3/h6-20,32H,5H2,1-4H3,(H,31,34). The largest absolute Gasteiger partial charge is 0.322 e. The van der Waals surface area contributed by atoms with Gasteiger partial charge in [-0.25, -0.2) is 16.8 Å². The molecule has 0 aliphatic heterocycles. The van der Waals surface area contributed by atoms with Crippen molar-refractivity contribution in [1.29, 1.82) is 0 Å². The fourth-order valence-corrected chi connectivity index (χ4v) is 7.12. The van der Waals surface area contributed by atoms with E-state index in [2.05, 4.69) is 10.0 Å². The summed E-state index contributed by atoms with van der Waals surface area (Å²) in [5, 5.41) is 2.74. The Morgan fingerprint density at radius 2 is 1.41 bits per heavy atom. The summed E-state index contributed by atoms with van der Waals surface area (Å²) in [6.45, 7) is 5.67. The lowest BCUT2D eigenvalue weighted by Crippen LogP contribution is -2.30. The minimum atomic E-state index is -3.82. The van der Waals surface area contributed by atoms with Crippen molar-refractivity contribution in [3.05, 3.63) is 108 Å². The summed E-state index contributed by atoms with van der Waals surface area (Å²) in [7, 11) is -7.60. The number of sulfonamides is 2. The SMILES string of the molecule is CCN(c1ccc(C(=O)Nc2ccc(S(=O)(=O)Nc3cc(C)ccc3C)cc2)cc1)S(=O)(=O)c1ccc(SC)cc1. The van der Waals surface area contributed by atoms with Crippen LogP contribution in [0, 0.1) is 13.8 Å². The molecular formula is C30H31N3O5S3. The highest BCUT2D eigenvalue weighted by molar-refractivity contribution is 7.98. The van der Waals surface area contributed by atoms with Crippen molar-refractivity contribution >= 4 is 54.8 Å². The van der Waals surface area contributed by atoms with Gasteiger partial charge in [-0.15, -0.1) is 11.8 Å². The van der Waals surface area contributed by atoms with E-state index in [0.29, 0.717) is 22.6 Å². The Balaban J connectivity index is 1.45. The van der Waals surface area contributed by atoms with E-state index in [4.69, 9.17) is 0 Å². The molecule has 0 aliphatic rings. The summed E-state index contributed by atoms with van der Waals surface area (Å²) in [4.78, 5) is 14.1. The normalized spacial score (nSPS) is 11.6. The minimum absolute atomic E-state index is 0.0599. The van der Waals surface area contributed by atoms with Gasteiger partial charge in [-0.05, 0) is 117 Å². The van der Waals surface area contributed by atoms with Crippen molar-refractivity contribution < 1.29 is 21.6 Å². The van der Waals surface area contributed by atoms with Crippen LogP contribution in [0.5, 0.6) is 0 Å². The first kappa shape index (κ1) is 30.2. The maximum Gasteiger partial charge on any atom is 0.264 e. The number of hydrogen-bond donors (Lipinski definition) is 2. The van der Waals surface area contributed by atoms with Crippen LogP contribution in [0.25, 0.3) is 0 Å². The van der Waals surface area contributed by atoms with E-state index in [-0.39, 0.29) is 16.3 Å². The van der Waals surface area contributed by atoms with Gasteiger partial charge >= 0.3 is 0 Å².